The molecule has 2 unspecified atom stereocenters. The predicted octanol–water partition coefficient (Wildman–Crippen LogP) is 1.73. The molecule has 0 aliphatic heterocycles. The first-order chi connectivity index (χ1) is 9.60. The Kier molecular flexibility index (Phi) is 7.59. The molecule has 0 spiro atoms. The van der Waals surface area contributed by atoms with Crippen molar-refractivity contribution in [3.8, 4) is 0 Å². The Bertz CT molecular complexity index is 316. The van der Waals surface area contributed by atoms with Gasteiger partial charge in [-0.25, -0.2) is 0 Å². The molecule has 0 aromatic rings. The molecule has 0 radical (unpaired) electrons. The van der Waals surface area contributed by atoms with Crippen molar-refractivity contribution in [3.63, 3.8) is 0 Å². The average Bonchev–Trinajstić information content (AvgIpc) is 2.88. The quantitative estimate of drug-likeness (QED) is 0.633. The maximum absolute atomic E-state index is 11.8. The van der Waals surface area contributed by atoms with Crippen LogP contribution in [0.1, 0.15) is 46.0 Å². The zero-order valence-corrected chi connectivity index (χ0v) is 12.7. The van der Waals surface area contributed by atoms with Crippen LogP contribution in [0, 0.1) is 11.8 Å². The number of rotatable bonds is 9. The van der Waals surface area contributed by atoms with E-state index in [1.807, 2.05) is 18.7 Å². The lowest BCUT2D eigenvalue weighted by Crippen LogP contribution is -2.32. The molecule has 5 nitrogen and oxygen atoms in total. The van der Waals surface area contributed by atoms with E-state index >= 15 is 0 Å². The fourth-order valence-corrected chi connectivity index (χ4v) is 2.99. The molecule has 1 amide bonds. The van der Waals surface area contributed by atoms with Gasteiger partial charge in [0, 0.05) is 19.5 Å². The van der Waals surface area contributed by atoms with E-state index in [-0.39, 0.29) is 17.7 Å². The lowest BCUT2D eigenvalue weighted by Gasteiger charge is -2.19. The minimum absolute atomic E-state index is 0.181. The number of hydrogen-bond acceptors (Lipinski definition) is 3. The number of nitrogens with zero attached hydrogens (tertiary/aromatic N) is 1. The van der Waals surface area contributed by atoms with Crippen molar-refractivity contribution in [3.05, 3.63) is 0 Å². The van der Waals surface area contributed by atoms with Gasteiger partial charge in [-0.15, -0.1) is 0 Å². The second-order valence-electron chi connectivity index (χ2n) is 5.51. The van der Waals surface area contributed by atoms with Gasteiger partial charge in [0.2, 0.25) is 5.91 Å². The van der Waals surface area contributed by atoms with E-state index in [0.29, 0.717) is 6.42 Å². The van der Waals surface area contributed by atoms with Crippen molar-refractivity contribution in [2.24, 2.45) is 11.8 Å². The summed E-state index contributed by atoms with van der Waals surface area (Å²) >= 11 is 0. The molecule has 1 saturated carbocycles. The fourth-order valence-electron chi connectivity index (χ4n) is 2.99. The molecule has 1 rings (SSSR count). The summed E-state index contributed by atoms with van der Waals surface area (Å²) in [4.78, 5) is 24.7. The minimum atomic E-state index is -0.661. The second kappa shape index (κ2) is 8.95. The highest BCUT2D eigenvalue weighted by atomic mass is 16.4. The zero-order valence-electron chi connectivity index (χ0n) is 12.7. The topological polar surface area (TPSA) is 69.6 Å². The highest BCUT2D eigenvalue weighted by molar-refractivity contribution is 5.76. The Morgan fingerprint density at radius 2 is 1.95 bits per heavy atom. The third kappa shape index (κ3) is 5.12. The van der Waals surface area contributed by atoms with Gasteiger partial charge < -0.3 is 15.3 Å². The van der Waals surface area contributed by atoms with Crippen molar-refractivity contribution < 1.29 is 14.7 Å². The molecule has 0 bridgehead atoms. The fraction of sp³-hybridized carbons (Fsp3) is 0.867. The molecule has 0 aromatic heterocycles. The van der Waals surface area contributed by atoms with E-state index < -0.39 is 5.97 Å². The summed E-state index contributed by atoms with van der Waals surface area (Å²) in [5.74, 6) is -0.377. The number of aliphatic carboxylic acids is 1. The monoisotopic (exact) mass is 284 g/mol. The van der Waals surface area contributed by atoms with Crippen LogP contribution in [0.15, 0.2) is 0 Å². The van der Waals surface area contributed by atoms with Crippen LogP contribution in [0.3, 0.4) is 0 Å². The highest BCUT2D eigenvalue weighted by Crippen LogP contribution is 2.31. The molecule has 0 aromatic carbocycles. The van der Waals surface area contributed by atoms with Crippen molar-refractivity contribution >= 4 is 11.9 Å². The summed E-state index contributed by atoms with van der Waals surface area (Å²) in [6.45, 7) is 7.07. The minimum Gasteiger partial charge on any atom is -0.481 e. The maximum Gasteiger partial charge on any atom is 0.306 e. The van der Waals surface area contributed by atoms with Gasteiger partial charge in [-0.3, -0.25) is 9.59 Å². The first-order valence-corrected chi connectivity index (χ1v) is 7.81. The first-order valence-electron chi connectivity index (χ1n) is 7.81. The number of carboxylic acid groups (broad SMARTS) is 1. The molecule has 0 heterocycles. The van der Waals surface area contributed by atoms with Crippen LogP contribution >= 0.6 is 0 Å². The Balaban J connectivity index is 2.13. The van der Waals surface area contributed by atoms with Crippen molar-refractivity contribution in [2.75, 3.05) is 26.2 Å². The first kappa shape index (κ1) is 17.0. The molecule has 116 valence electrons. The van der Waals surface area contributed by atoms with Crippen LogP contribution in [0.25, 0.3) is 0 Å². The van der Waals surface area contributed by atoms with Crippen LogP contribution in [0.2, 0.25) is 0 Å². The predicted molar refractivity (Wildman–Crippen MR) is 78.5 cm³/mol. The summed E-state index contributed by atoms with van der Waals surface area (Å²) in [5, 5.41) is 12.4. The van der Waals surface area contributed by atoms with E-state index in [0.717, 1.165) is 51.9 Å². The molecule has 1 fully saturated rings. The number of nitrogens with one attached hydrogen (secondary N) is 1. The van der Waals surface area contributed by atoms with Gasteiger partial charge in [0.15, 0.2) is 0 Å². The molecular weight excluding hydrogens is 256 g/mol. The van der Waals surface area contributed by atoms with Crippen LogP contribution < -0.4 is 5.32 Å². The van der Waals surface area contributed by atoms with Gasteiger partial charge in [-0.05, 0) is 52.1 Å². The highest BCUT2D eigenvalue weighted by Gasteiger charge is 2.32. The number of amides is 1. The third-order valence-corrected chi connectivity index (χ3v) is 4.24. The van der Waals surface area contributed by atoms with E-state index in [4.69, 9.17) is 5.11 Å². The molecular formula is C15H28N2O3. The molecule has 2 atom stereocenters. The Hall–Kier alpha value is -1.10. The normalized spacial score (nSPS) is 21.9. The van der Waals surface area contributed by atoms with Crippen LogP contribution in [0.4, 0.5) is 0 Å². The van der Waals surface area contributed by atoms with E-state index in [2.05, 4.69) is 5.32 Å². The average molecular weight is 284 g/mol. The maximum atomic E-state index is 11.8. The molecule has 1 aliphatic carbocycles. The number of carbonyl (C=O) groups is 2. The second-order valence-corrected chi connectivity index (χ2v) is 5.51. The van der Waals surface area contributed by atoms with Gasteiger partial charge in [-0.2, -0.15) is 0 Å². The molecule has 1 aliphatic rings. The van der Waals surface area contributed by atoms with Gasteiger partial charge in [0.25, 0.3) is 0 Å². The molecule has 20 heavy (non-hydrogen) atoms. The van der Waals surface area contributed by atoms with Gasteiger partial charge >= 0.3 is 5.97 Å². The molecule has 5 heteroatoms. The van der Waals surface area contributed by atoms with Gasteiger partial charge in [0.05, 0.1) is 5.92 Å². The van der Waals surface area contributed by atoms with E-state index in [1.54, 1.807) is 0 Å². The summed E-state index contributed by atoms with van der Waals surface area (Å²) < 4.78 is 0. The molecule has 0 saturated heterocycles. The van der Waals surface area contributed by atoms with E-state index in [9.17, 15) is 9.59 Å². The van der Waals surface area contributed by atoms with Gasteiger partial charge in [-0.1, -0.05) is 6.42 Å². The SMILES string of the molecule is CCN(CC)C(=O)CCCNCC1CCCC1C(=O)O. The molecule has 2 N–H and O–H groups in total. The summed E-state index contributed by atoms with van der Waals surface area (Å²) in [7, 11) is 0. The standard InChI is InChI=1S/C15H28N2O3/c1-3-17(4-2)14(18)9-6-10-16-11-12-7-5-8-13(12)15(19)20/h12-13,16H,3-11H2,1-2H3,(H,19,20). The van der Waals surface area contributed by atoms with Crippen LogP contribution in [0.5, 0.6) is 0 Å². The largest absolute Gasteiger partial charge is 0.481 e. The summed E-state index contributed by atoms with van der Waals surface area (Å²) in [5.41, 5.74) is 0. The summed E-state index contributed by atoms with van der Waals surface area (Å²) in [6.07, 6.45) is 4.22. The Morgan fingerprint density at radius 3 is 2.55 bits per heavy atom. The lowest BCUT2D eigenvalue weighted by atomic mass is 9.96. The lowest BCUT2D eigenvalue weighted by molar-refractivity contribution is -0.142. The number of hydrogen-bond donors (Lipinski definition) is 2. The summed E-state index contributed by atoms with van der Waals surface area (Å²) in [6, 6.07) is 0. The number of carboxylic acids is 1. The Labute approximate surface area is 121 Å². The van der Waals surface area contributed by atoms with Crippen LogP contribution in [-0.2, 0) is 9.59 Å². The van der Waals surface area contributed by atoms with Gasteiger partial charge in [0.1, 0.15) is 0 Å². The number of carbonyl (C=O) groups excluding carboxylic acids is 1. The van der Waals surface area contributed by atoms with Crippen molar-refractivity contribution in [1.82, 2.24) is 10.2 Å². The third-order valence-electron chi connectivity index (χ3n) is 4.24. The van der Waals surface area contributed by atoms with E-state index in [1.165, 1.54) is 0 Å². The van der Waals surface area contributed by atoms with Crippen molar-refractivity contribution in [1.29, 1.82) is 0 Å². The van der Waals surface area contributed by atoms with Crippen LogP contribution in [-0.4, -0.2) is 48.1 Å². The zero-order chi connectivity index (χ0) is 15.0. The van der Waals surface area contributed by atoms with Crippen molar-refractivity contribution in [2.45, 2.75) is 46.0 Å². The Morgan fingerprint density at radius 1 is 1.25 bits per heavy atom. The smallest absolute Gasteiger partial charge is 0.306 e.